The Labute approximate surface area is 106 Å². The number of aromatic amines is 1. The Balaban J connectivity index is 2.89. The van der Waals surface area contributed by atoms with Crippen LogP contribution < -0.4 is 11.2 Å². The number of nitrogens with zero attached hydrogens (tertiary/aromatic N) is 2. The molecule has 0 fully saturated rings. The van der Waals surface area contributed by atoms with Crippen LogP contribution in [0.1, 0.15) is 11.1 Å². The van der Waals surface area contributed by atoms with Crippen LogP contribution in [0.25, 0.3) is 5.69 Å². The molecule has 2 rings (SSSR count). The van der Waals surface area contributed by atoms with Gasteiger partial charge in [-0.1, -0.05) is 0 Å². The lowest BCUT2D eigenvalue weighted by atomic mass is 10.2. The van der Waals surface area contributed by atoms with Crippen molar-refractivity contribution in [1.82, 2.24) is 9.55 Å². The second-order valence-corrected chi connectivity index (χ2v) is 3.82. The third kappa shape index (κ3) is 1.99. The first-order valence-electron chi connectivity index (χ1n) is 5.20. The SMILES string of the molecule is Cc1c(O)n(-c2ccc(F)cc2C#N)c(=O)[nH]c1=O. The Hall–Kier alpha value is -2.88. The van der Waals surface area contributed by atoms with E-state index >= 15 is 0 Å². The van der Waals surface area contributed by atoms with E-state index in [1.165, 1.54) is 13.0 Å². The number of aromatic nitrogens is 2. The molecule has 0 amide bonds. The molecule has 0 saturated heterocycles. The highest BCUT2D eigenvalue weighted by Gasteiger charge is 2.15. The number of rotatable bonds is 1. The van der Waals surface area contributed by atoms with Gasteiger partial charge in [0, 0.05) is 0 Å². The van der Waals surface area contributed by atoms with Crippen LogP contribution in [0.2, 0.25) is 0 Å². The van der Waals surface area contributed by atoms with Crippen LogP contribution in [0.4, 0.5) is 4.39 Å². The van der Waals surface area contributed by atoms with Gasteiger partial charge in [0.15, 0.2) is 0 Å². The van der Waals surface area contributed by atoms with Gasteiger partial charge in [0.25, 0.3) is 5.56 Å². The van der Waals surface area contributed by atoms with Crippen LogP contribution >= 0.6 is 0 Å². The van der Waals surface area contributed by atoms with Gasteiger partial charge >= 0.3 is 5.69 Å². The highest BCUT2D eigenvalue weighted by Crippen LogP contribution is 2.19. The van der Waals surface area contributed by atoms with Crippen molar-refractivity contribution in [3.63, 3.8) is 0 Å². The number of benzene rings is 1. The zero-order chi connectivity index (χ0) is 14.2. The first-order chi connectivity index (χ1) is 8.95. The molecule has 0 aliphatic heterocycles. The van der Waals surface area contributed by atoms with E-state index in [9.17, 15) is 19.1 Å². The highest BCUT2D eigenvalue weighted by atomic mass is 19.1. The van der Waals surface area contributed by atoms with Crippen LogP contribution in [0, 0.1) is 24.1 Å². The average molecular weight is 261 g/mol. The van der Waals surface area contributed by atoms with Gasteiger partial charge in [-0.15, -0.1) is 0 Å². The van der Waals surface area contributed by atoms with Crippen LogP contribution in [-0.2, 0) is 0 Å². The molecule has 0 bridgehead atoms. The van der Waals surface area contributed by atoms with Crippen molar-refractivity contribution in [3.8, 4) is 17.6 Å². The molecule has 0 unspecified atom stereocenters. The number of H-pyrrole nitrogens is 1. The van der Waals surface area contributed by atoms with Crippen molar-refractivity contribution in [3.05, 3.63) is 56.0 Å². The Morgan fingerprint density at radius 2 is 2.11 bits per heavy atom. The first kappa shape index (κ1) is 12.6. The quantitative estimate of drug-likeness (QED) is 0.783. The molecular weight excluding hydrogens is 253 g/mol. The summed E-state index contributed by atoms with van der Waals surface area (Å²) in [5, 5.41) is 18.8. The lowest BCUT2D eigenvalue weighted by Crippen LogP contribution is -2.30. The van der Waals surface area contributed by atoms with Crippen LogP contribution in [0.5, 0.6) is 5.88 Å². The fourth-order valence-corrected chi connectivity index (χ4v) is 1.63. The van der Waals surface area contributed by atoms with E-state index in [1.807, 2.05) is 4.98 Å². The molecule has 96 valence electrons. The van der Waals surface area contributed by atoms with E-state index < -0.39 is 22.9 Å². The van der Waals surface area contributed by atoms with Crippen LogP contribution in [-0.4, -0.2) is 14.7 Å². The van der Waals surface area contributed by atoms with E-state index in [-0.39, 0.29) is 16.8 Å². The molecule has 2 aromatic rings. The van der Waals surface area contributed by atoms with Crippen LogP contribution in [0.15, 0.2) is 27.8 Å². The van der Waals surface area contributed by atoms with E-state index in [0.29, 0.717) is 0 Å². The molecule has 0 atom stereocenters. The van der Waals surface area contributed by atoms with E-state index in [2.05, 4.69) is 0 Å². The fourth-order valence-electron chi connectivity index (χ4n) is 1.63. The summed E-state index contributed by atoms with van der Waals surface area (Å²) >= 11 is 0. The van der Waals surface area contributed by atoms with E-state index in [4.69, 9.17) is 5.26 Å². The summed E-state index contributed by atoms with van der Waals surface area (Å²) in [5.74, 6) is -1.23. The van der Waals surface area contributed by atoms with Crippen molar-refractivity contribution in [2.45, 2.75) is 6.92 Å². The Morgan fingerprint density at radius 3 is 2.74 bits per heavy atom. The maximum absolute atomic E-state index is 13.0. The van der Waals surface area contributed by atoms with E-state index in [0.717, 1.165) is 16.7 Å². The molecule has 0 aliphatic rings. The van der Waals surface area contributed by atoms with Gasteiger partial charge in [-0.05, 0) is 25.1 Å². The third-order valence-electron chi connectivity index (χ3n) is 2.63. The summed E-state index contributed by atoms with van der Waals surface area (Å²) in [6.45, 7) is 1.32. The topological polar surface area (TPSA) is 98.9 Å². The molecule has 2 N–H and O–H groups in total. The molecular formula is C12H8FN3O3. The second-order valence-electron chi connectivity index (χ2n) is 3.82. The number of nitriles is 1. The maximum Gasteiger partial charge on any atom is 0.335 e. The third-order valence-corrected chi connectivity index (χ3v) is 2.63. The van der Waals surface area contributed by atoms with Gasteiger partial charge < -0.3 is 5.11 Å². The predicted molar refractivity (Wildman–Crippen MR) is 63.7 cm³/mol. The molecule has 1 aromatic carbocycles. The van der Waals surface area contributed by atoms with Gasteiger partial charge in [0.05, 0.1) is 16.8 Å². The standard InChI is InChI=1S/C12H8FN3O3/c1-6-10(17)15-12(19)16(11(6)18)9-3-2-8(13)4-7(9)5-14/h2-4,18H,1H3,(H,15,17,19). The summed E-state index contributed by atoms with van der Waals surface area (Å²) in [4.78, 5) is 25.0. The molecule has 0 aliphatic carbocycles. The number of hydrogen-bond acceptors (Lipinski definition) is 4. The van der Waals surface area contributed by atoms with Crippen molar-refractivity contribution < 1.29 is 9.50 Å². The summed E-state index contributed by atoms with van der Waals surface area (Å²) in [6, 6.07) is 4.87. The largest absolute Gasteiger partial charge is 0.494 e. The molecule has 1 aromatic heterocycles. The van der Waals surface area contributed by atoms with Gasteiger partial charge in [0.1, 0.15) is 11.9 Å². The second kappa shape index (κ2) is 4.42. The monoisotopic (exact) mass is 261 g/mol. The normalized spacial score (nSPS) is 10.2. The minimum atomic E-state index is -0.906. The minimum Gasteiger partial charge on any atom is -0.494 e. The zero-order valence-electron chi connectivity index (χ0n) is 9.77. The lowest BCUT2D eigenvalue weighted by molar-refractivity contribution is 0.426. The van der Waals surface area contributed by atoms with Crippen LogP contribution in [0.3, 0.4) is 0 Å². The number of aromatic hydroxyl groups is 1. The molecule has 0 radical (unpaired) electrons. The molecule has 6 nitrogen and oxygen atoms in total. The van der Waals surface area contributed by atoms with E-state index in [1.54, 1.807) is 6.07 Å². The smallest absolute Gasteiger partial charge is 0.335 e. The minimum absolute atomic E-state index is 0.00856. The molecule has 1 heterocycles. The maximum atomic E-state index is 13.0. The Morgan fingerprint density at radius 1 is 1.42 bits per heavy atom. The van der Waals surface area contributed by atoms with Gasteiger partial charge in [-0.25, -0.2) is 13.8 Å². The summed E-state index contributed by atoms with van der Waals surface area (Å²) < 4.78 is 13.8. The number of halogens is 1. The zero-order valence-corrected chi connectivity index (χ0v) is 9.77. The molecule has 0 saturated carbocycles. The van der Waals surface area contributed by atoms with Gasteiger partial charge in [-0.3, -0.25) is 9.78 Å². The Bertz CT molecular complexity index is 814. The molecule has 19 heavy (non-hydrogen) atoms. The van der Waals surface area contributed by atoms with Crippen molar-refractivity contribution in [2.24, 2.45) is 0 Å². The first-order valence-corrected chi connectivity index (χ1v) is 5.20. The lowest BCUT2D eigenvalue weighted by Gasteiger charge is -2.10. The van der Waals surface area contributed by atoms with Gasteiger partial charge in [-0.2, -0.15) is 5.26 Å². The van der Waals surface area contributed by atoms with Crippen molar-refractivity contribution in [2.75, 3.05) is 0 Å². The molecule has 7 heteroatoms. The number of nitrogens with one attached hydrogen (secondary N) is 1. The fraction of sp³-hybridized carbons (Fsp3) is 0.0833. The Kier molecular flexibility index (Phi) is 2.92. The average Bonchev–Trinajstić information content (AvgIpc) is 2.37. The summed E-state index contributed by atoms with van der Waals surface area (Å²) in [5.41, 5.74) is -1.85. The highest BCUT2D eigenvalue weighted by molar-refractivity contribution is 5.51. The predicted octanol–water partition coefficient (Wildman–Crippen LogP) is 0.551. The van der Waals surface area contributed by atoms with Gasteiger partial charge in [0.2, 0.25) is 5.88 Å². The number of hydrogen-bond donors (Lipinski definition) is 2. The summed E-state index contributed by atoms with van der Waals surface area (Å²) in [7, 11) is 0. The molecule has 0 spiro atoms. The van der Waals surface area contributed by atoms with Crippen molar-refractivity contribution >= 4 is 0 Å². The summed E-state index contributed by atoms with van der Waals surface area (Å²) in [6.07, 6.45) is 0. The van der Waals surface area contributed by atoms with Crippen molar-refractivity contribution in [1.29, 1.82) is 5.26 Å².